The molecule has 0 heterocycles. The van der Waals surface area contributed by atoms with E-state index in [1.54, 1.807) is 55.4 Å². The van der Waals surface area contributed by atoms with Crippen molar-refractivity contribution in [1.82, 2.24) is 0 Å². The molecule has 288 valence electrons. The number of hydrogen-bond acceptors (Lipinski definition) is 8. The Hall–Kier alpha value is -0.500. The molecule has 0 N–H and O–H groups in total. The van der Waals surface area contributed by atoms with E-state index in [2.05, 4.69) is 103 Å². The summed E-state index contributed by atoms with van der Waals surface area (Å²) in [5, 5.41) is 0. The van der Waals surface area contributed by atoms with Gasteiger partial charge in [0.25, 0.3) is 0 Å². The van der Waals surface area contributed by atoms with Crippen molar-refractivity contribution in [2.24, 2.45) is 11.8 Å². The van der Waals surface area contributed by atoms with Crippen LogP contribution in [-0.2, 0) is 38.2 Å². The number of carbonyl (C=O) groups is 6. The zero-order valence-corrected chi connectivity index (χ0v) is 41.1. The second-order valence-corrected chi connectivity index (χ2v) is 20.3. The summed E-state index contributed by atoms with van der Waals surface area (Å²) in [6.07, 6.45) is 11.9. The SMILES string of the molecule is CC(=O)C(C/C=C(/C)I)C(=O)OC(C)(C)C.CC(=O)C(C/C=C(/C)I)C(=O)OC(C)(C)C.CC(=O)CC/C=C(/C)I.CC(=O)CC/C=C(/C)I. The first-order chi connectivity index (χ1) is 22.5. The maximum absolute atomic E-state index is 11.7. The zero-order chi connectivity index (χ0) is 40.4. The van der Waals surface area contributed by atoms with Gasteiger partial charge in [-0.25, -0.2) is 0 Å². The zero-order valence-electron chi connectivity index (χ0n) is 32.5. The number of halogens is 4. The van der Waals surface area contributed by atoms with Gasteiger partial charge in [-0.1, -0.05) is 24.3 Å². The number of ketones is 4. The molecule has 0 aliphatic heterocycles. The second-order valence-electron chi connectivity index (χ2n) is 13.5. The second kappa shape index (κ2) is 30.9. The fourth-order valence-corrected chi connectivity index (χ4v) is 4.24. The van der Waals surface area contributed by atoms with E-state index in [9.17, 15) is 28.8 Å². The third-order valence-corrected chi connectivity index (χ3v) is 7.24. The number of carbonyl (C=O) groups excluding carboxylic acids is 6. The van der Waals surface area contributed by atoms with Crippen LogP contribution in [-0.4, -0.2) is 46.3 Å². The van der Waals surface area contributed by atoms with Gasteiger partial charge in [-0.2, -0.15) is 0 Å². The number of rotatable bonds is 14. The minimum atomic E-state index is -0.677. The third kappa shape index (κ3) is 45.5. The Balaban J connectivity index is -0.000000293. The summed E-state index contributed by atoms with van der Waals surface area (Å²) in [6.45, 7) is 24.7. The molecule has 0 aromatic carbocycles. The molecule has 0 rings (SSSR count). The van der Waals surface area contributed by atoms with E-state index < -0.39 is 35.0 Å². The molecule has 0 aliphatic carbocycles. The molecule has 12 heteroatoms. The summed E-state index contributed by atoms with van der Waals surface area (Å²) < 4.78 is 15.0. The van der Waals surface area contributed by atoms with Crippen molar-refractivity contribution in [2.75, 3.05) is 0 Å². The predicted octanol–water partition coefficient (Wildman–Crippen LogP) is 11.9. The summed E-state index contributed by atoms with van der Waals surface area (Å²) in [7, 11) is 0. The molecule has 0 fully saturated rings. The normalized spacial score (nSPS) is 13.5. The highest BCUT2D eigenvalue weighted by atomic mass is 127. The number of hydrogen-bond donors (Lipinski definition) is 0. The first-order valence-electron chi connectivity index (χ1n) is 16.3. The standard InChI is InChI=1S/2C12H19IO3.2C7H11IO/c2*1-8(13)6-7-10(9(2)14)11(15)16-12(3,4)5;2*1-6(8)4-3-5-7(2)9/h2*6,10H,7H2,1-5H3;2*4H,3,5H2,1-2H3/b2*8-6-;2*6-4-. The highest BCUT2D eigenvalue weighted by Crippen LogP contribution is 2.18. The molecular weight excluding hydrogens is 1090 g/mol. The Bertz CT molecular complexity index is 1110. The summed E-state index contributed by atoms with van der Waals surface area (Å²) in [4.78, 5) is 67.0. The van der Waals surface area contributed by atoms with Crippen LogP contribution in [0.2, 0.25) is 0 Å². The van der Waals surface area contributed by atoms with Crippen molar-refractivity contribution in [3.8, 4) is 0 Å². The van der Waals surface area contributed by atoms with Crippen LogP contribution in [0, 0.1) is 11.8 Å². The van der Waals surface area contributed by atoms with E-state index in [-0.39, 0.29) is 23.1 Å². The van der Waals surface area contributed by atoms with E-state index in [1.807, 2.05) is 39.8 Å². The van der Waals surface area contributed by atoms with E-state index in [0.717, 1.165) is 20.0 Å². The number of Topliss-reactive ketones (excluding diaryl/α,β-unsaturated/α-hetero) is 4. The fraction of sp³-hybridized carbons (Fsp3) is 0.632. The lowest BCUT2D eigenvalue weighted by atomic mass is 10.0. The van der Waals surface area contributed by atoms with Gasteiger partial charge in [0.1, 0.15) is 46.2 Å². The van der Waals surface area contributed by atoms with Crippen LogP contribution in [0.5, 0.6) is 0 Å². The molecule has 0 saturated heterocycles. The molecule has 0 aromatic heterocycles. The third-order valence-electron chi connectivity index (χ3n) is 5.48. The van der Waals surface area contributed by atoms with Gasteiger partial charge < -0.3 is 19.1 Å². The lowest BCUT2D eigenvalue weighted by Crippen LogP contribution is -2.31. The summed E-state index contributed by atoms with van der Waals surface area (Å²) >= 11 is 8.78. The van der Waals surface area contributed by atoms with Gasteiger partial charge in [-0.05, 0) is 227 Å². The van der Waals surface area contributed by atoms with Crippen molar-refractivity contribution < 1.29 is 38.2 Å². The minimum absolute atomic E-state index is 0.150. The Kier molecular flexibility index (Phi) is 34.8. The van der Waals surface area contributed by atoms with E-state index >= 15 is 0 Å². The van der Waals surface area contributed by atoms with E-state index in [0.29, 0.717) is 25.7 Å². The van der Waals surface area contributed by atoms with Gasteiger partial charge in [0.05, 0.1) is 0 Å². The highest BCUT2D eigenvalue weighted by Gasteiger charge is 2.28. The Morgan fingerprint density at radius 1 is 0.480 bits per heavy atom. The molecule has 8 nitrogen and oxygen atoms in total. The number of ether oxygens (including phenoxy) is 2. The monoisotopic (exact) mass is 1150 g/mol. The van der Waals surface area contributed by atoms with Gasteiger partial charge in [0.2, 0.25) is 0 Å². The summed E-state index contributed by atoms with van der Waals surface area (Å²) in [6, 6.07) is 0. The first-order valence-corrected chi connectivity index (χ1v) is 20.6. The largest absolute Gasteiger partial charge is 0.459 e. The Labute approximate surface area is 357 Å². The van der Waals surface area contributed by atoms with Crippen LogP contribution < -0.4 is 0 Å². The average molecular weight is 1150 g/mol. The maximum Gasteiger partial charge on any atom is 0.317 e. The highest BCUT2D eigenvalue weighted by molar-refractivity contribution is 14.1. The van der Waals surface area contributed by atoms with Crippen LogP contribution in [0.25, 0.3) is 0 Å². The molecule has 0 spiro atoms. The van der Waals surface area contributed by atoms with Crippen molar-refractivity contribution in [3.05, 3.63) is 38.6 Å². The fourth-order valence-electron chi connectivity index (χ4n) is 3.11. The number of esters is 2. The lowest BCUT2D eigenvalue weighted by molar-refractivity contribution is -0.163. The smallest absolute Gasteiger partial charge is 0.317 e. The summed E-state index contributed by atoms with van der Waals surface area (Å²) in [5.74, 6) is -1.99. The number of allylic oxidation sites excluding steroid dienone is 8. The van der Waals surface area contributed by atoms with Gasteiger partial charge >= 0.3 is 11.9 Å². The van der Waals surface area contributed by atoms with Crippen molar-refractivity contribution >= 4 is 125 Å². The van der Waals surface area contributed by atoms with Crippen LogP contribution in [0.1, 0.15) is 135 Å². The molecule has 0 bridgehead atoms. The molecule has 0 aliphatic rings. The van der Waals surface area contributed by atoms with Gasteiger partial charge in [-0.3, -0.25) is 19.2 Å². The molecule has 50 heavy (non-hydrogen) atoms. The van der Waals surface area contributed by atoms with Crippen molar-refractivity contribution in [1.29, 1.82) is 0 Å². The molecule has 0 saturated carbocycles. The maximum atomic E-state index is 11.7. The molecule has 2 unspecified atom stereocenters. The first kappa shape index (κ1) is 56.2. The topological polar surface area (TPSA) is 121 Å². The molecule has 0 amide bonds. The van der Waals surface area contributed by atoms with Gasteiger partial charge in [0, 0.05) is 12.8 Å². The Morgan fingerprint density at radius 3 is 0.880 bits per heavy atom. The quantitative estimate of drug-likeness (QED) is 0.0958. The lowest BCUT2D eigenvalue weighted by Gasteiger charge is -2.22. The van der Waals surface area contributed by atoms with Crippen LogP contribution in [0.3, 0.4) is 0 Å². The van der Waals surface area contributed by atoms with Crippen LogP contribution >= 0.6 is 90.4 Å². The predicted molar refractivity (Wildman–Crippen MR) is 240 cm³/mol. The van der Waals surface area contributed by atoms with E-state index in [1.165, 1.54) is 21.0 Å². The molecule has 2 atom stereocenters. The molecular formula is C38H60I4O8. The minimum Gasteiger partial charge on any atom is -0.459 e. The van der Waals surface area contributed by atoms with Gasteiger partial charge in [-0.15, -0.1) is 0 Å². The van der Waals surface area contributed by atoms with Crippen LogP contribution in [0.15, 0.2) is 38.6 Å². The van der Waals surface area contributed by atoms with Crippen molar-refractivity contribution in [2.45, 2.75) is 147 Å². The summed E-state index contributed by atoms with van der Waals surface area (Å²) in [5.41, 5.74) is -1.10. The average Bonchev–Trinajstić information content (AvgIpc) is 2.86. The van der Waals surface area contributed by atoms with Crippen LogP contribution in [0.4, 0.5) is 0 Å². The van der Waals surface area contributed by atoms with E-state index in [4.69, 9.17) is 9.47 Å². The molecule has 0 radical (unpaired) electrons. The van der Waals surface area contributed by atoms with Gasteiger partial charge in [0.15, 0.2) is 0 Å². The Morgan fingerprint density at radius 2 is 0.720 bits per heavy atom. The molecule has 0 aromatic rings. The van der Waals surface area contributed by atoms with Crippen molar-refractivity contribution in [3.63, 3.8) is 0 Å².